The van der Waals surface area contributed by atoms with Gasteiger partial charge >= 0.3 is 0 Å². The number of anilines is 1. The van der Waals surface area contributed by atoms with E-state index in [1.807, 2.05) is 6.92 Å². The topological polar surface area (TPSA) is 50.3 Å². The molecule has 5 nitrogen and oxygen atoms in total. The minimum Gasteiger partial charge on any atom is -0.379 e. The molecule has 0 aromatic carbocycles. The van der Waals surface area contributed by atoms with Crippen LogP contribution in [0.2, 0.25) is 0 Å². The maximum absolute atomic E-state index is 5.33. The Morgan fingerprint density at radius 1 is 1.35 bits per heavy atom. The third-order valence-corrected chi connectivity index (χ3v) is 2.90. The molecular formula is C12H20N4O. The molecule has 0 saturated carbocycles. The van der Waals surface area contributed by atoms with Crippen molar-refractivity contribution in [2.75, 3.05) is 38.2 Å². The first-order valence-corrected chi connectivity index (χ1v) is 6.10. The van der Waals surface area contributed by atoms with Gasteiger partial charge in [0.05, 0.1) is 18.9 Å². The van der Waals surface area contributed by atoms with Crippen LogP contribution in [0.1, 0.15) is 12.6 Å². The van der Waals surface area contributed by atoms with Crippen LogP contribution in [0.5, 0.6) is 0 Å². The fraction of sp³-hybridized carbons (Fsp3) is 0.667. The molecule has 0 spiro atoms. The van der Waals surface area contributed by atoms with Crippen molar-refractivity contribution in [1.29, 1.82) is 0 Å². The summed E-state index contributed by atoms with van der Waals surface area (Å²) in [5.74, 6) is 0.883. The van der Waals surface area contributed by atoms with Crippen molar-refractivity contribution < 1.29 is 4.74 Å². The van der Waals surface area contributed by atoms with E-state index < -0.39 is 0 Å². The summed E-state index contributed by atoms with van der Waals surface area (Å²) < 4.78 is 5.33. The van der Waals surface area contributed by atoms with Crippen LogP contribution < -0.4 is 5.32 Å². The molecule has 1 atom stereocenters. The Morgan fingerprint density at radius 3 is 2.76 bits per heavy atom. The quantitative estimate of drug-likeness (QED) is 0.842. The monoisotopic (exact) mass is 236 g/mol. The second-order valence-electron chi connectivity index (χ2n) is 4.45. The zero-order chi connectivity index (χ0) is 12.1. The van der Waals surface area contributed by atoms with Crippen LogP contribution in [0.4, 0.5) is 5.82 Å². The van der Waals surface area contributed by atoms with E-state index in [1.54, 1.807) is 12.4 Å². The summed E-state index contributed by atoms with van der Waals surface area (Å²) in [6.07, 6.45) is 3.43. The molecule has 2 heterocycles. The Morgan fingerprint density at radius 2 is 2.06 bits per heavy atom. The lowest BCUT2D eigenvalue weighted by atomic mass is 10.2. The summed E-state index contributed by atoms with van der Waals surface area (Å²) >= 11 is 0. The largest absolute Gasteiger partial charge is 0.379 e. The van der Waals surface area contributed by atoms with E-state index in [4.69, 9.17) is 4.74 Å². The van der Waals surface area contributed by atoms with E-state index in [9.17, 15) is 0 Å². The molecule has 0 bridgehead atoms. The molecule has 1 aromatic heterocycles. The first kappa shape index (κ1) is 12.3. The Kier molecular flexibility index (Phi) is 4.28. The Hall–Kier alpha value is -1.20. The van der Waals surface area contributed by atoms with E-state index in [0.29, 0.717) is 6.04 Å². The smallest absolute Gasteiger partial charge is 0.147 e. The molecule has 1 saturated heterocycles. The lowest BCUT2D eigenvalue weighted by molar-refractivity contribution is 0.0368. The van der Waals surface area contributed by atoms with Gasteiger partial charge in [-0.1, -0.05) is 0 Å². The van der Waals surface area contributed by atoms with Crippen LogP contribution in [0, 0.1) is 6.92 Å². The summed E-state index contributed by atoms with van der Waals surface area (Å²) in [6.45, 7) is 8.88. The normalized spacial score (nSPS) is 18.9. The number of nitrogens with one attached hydrogen (secondary N) is 1. The SMILES string of the molecule is Cc1nccnc1NC(C)CN1CCOCC1. The fourth-order valence-corrected chi connectivity index (χ4v) is 2.00. The molecule has 0 aliphatic carbocycles. The molecule has 1 aromatic rings. The number of hydrogen-bond donors (Lipinski definition) is 1. The lowest BCUT2D eigenvalue weighted by Gasteiger charge is -2.29. The van der Waals surface area contributed by atoms with Gasteiger partial charge in [0, 0.05) is 38.1 Å². The van der Waals surface area contributed by atoms with Crippen LogP contribution in [0.25, 0.3) is 0 Å². The molecule has 1 aliphatic rings. The van der Waals surface area contributed by atoms with E-state index in [-0.39, 0.29) is 0 Å². The first-order chi connectivity index (χ1) is 8.25. The van der Waals surface area contributed by atoms with Crippen molar-refractivity contribution in [3.05, 3.63) is 18.1 Å². The maximum Gasteiger partial charge on any atom is 0.147 e. The standard InChI is InChI=1S/C12H20N4O/c1-10(9-16-5-7-17-8-6-16)15-12-11(2)13-3-4-14-12/h3-4,10H,5-9H2,1-2H3,(H,14,15). The summed E-state index contributed by atoms with van der Waals surface area (Å²) in [6, 6.07) is 0.364. The zero-order valence-electron chi connectivity index (χ0n) is 10.5. The van der Waals surface area contributed by atoms with Gasteiger partial charge in [-0.25, -0.2) is 4.98 Å². The summed E-state index contributed by atoms with van der Waals surface area (Å²) in [4.78, 5) is 10.9. The third kappa shape index (κ3) is 3.64. The predicted molar refractivity (Wildman–Crippen MR) is 67.1 cm³/mol. The molecule has 94 valence electrons. The predicted octanol–water partition coefficient (Wildman–Crippen LogP) is 0.918. The summed E-state index contributed by atoms with van der Waals surface area (Å²) in [5.41, 5.74) is 0.946. The molecule has 0 radical (unpaired) electrons. The minimum absolute atomic E-state index is 0.364. The first-order valence-electron chi connectivity index (χ1n) is 6.10. The van der Waals surface area contributed by atoms with Gasteiger partial charge in [0.1, 0.15) is 5.82 Å². The Balaban J connectivity index is 1.84. The van der Waals surface area contributed by atoms with E-state index in [0.717, 1.165) is 44.4 Å². The highest BCUT2D eigenvalue weighted by Crippen LogP contribution is 2.09. The molecule has 1 unspecified atom stereocenters. The second kappa shape index (κ2) is 5.93. The number of ether oxygens (including phenoxy) is 1. The third-order valence-electron chi connectivity index (χ3n) is 2.90. The fourth-order valence-electron chi connectivity index (χ4n) is 2.00. The minimum atomic E-state index is 0.364. The van der Waals surface area contributed by atoms with E-state index >= 15 is 0 Å². The van der Waals surface area contributed by atoms with E-state index in [2.05, 4.69) is 27.1 Å². The van der Waals surface area contributed by atoms with Gasteiger partial charge in [-0.15, -0.1) is 0 Å². The molecule has 1 N–H and O–H groups in total. The Bertz CT molecular complexity index is 352. The van der Waals surface area contributed by atoms with Gasteiger partial charge in [0.25, 0.3) is 0 Å². The number of morpholine rings is 1. The highest BCUT2D eigenvalue weighted by atomic mass is 16.5. The van der Waals surface area contributed by atoms with Gasteiger partial charge < -0.3 is 10.1 Å². The molecule has 17 heavy (non-hydrogen) atoms. The second-order valence-corrected chi connectivity index (χ2v) is 4.45. The van der Waals surface area contributed by atoms with Crippen LogP contribution >= 0.6 is 0 Å². The van der Waals surface area contributed by atoms with Crippen LogP contribution in [0.15, 0.2) is 12.4 Å². The average Bonchev–Trinajstić information content (AvgIpc) is 2.33. The van der Waals surface area contributed by atoms with Crippen molar-refractivity contribution >= 4 is 5.82 Å². The van der Waals surface area contributed by atoms with Gasteiger partial charge in [-0.3, -0.25) is 9.88 Å². The van der Waals surface area contributed by atoms with Crippen molar-refractivity contribution in [1.82, 2.24) is 14.9 Å². The van der Waals surface area contributed by atoms with Crippen LogP contribution in [0.3, 0.4) is 0 Å². The highest BCUT2D eigenvalue weighted by molar-refractivity contribution is 5.39. The van der Waals surface area contributed by atoms with Crippen molar-refractivity contribution in [3.63, 3.8) is 0 Å². The van der Waals surface area contributed by atoms with Crippen molar-refractivity contribution in [2.45, 2.75) is 19.9 Å². The summed E-state index contributed by atoms with van der Waals surface area (Å²) in [7, 11) is 0. The molecule has 5 heteroatoms. The number of rotatable bonds is 4. The number of aryl methyl sites for hydroxylation is 1. The van der Waals surface area contributed by atoms with Gasteiger partial charge in [0.2, 0.25) is 0 Å². The van der Waals surface area contributed by atoms with E-state index in [1.165, 1.54) is 0 Å². The molecular weight excluding hydrogens is 216 g/mol. The van der Waals surface area contributed by atoms with Gasteiger partial charge in [-0.05, 0) is 13.8 Å². The number of aromatic nitrogens is 2. The Labute approximate surface area is 102 Å². The molecule has 2 rings (SSSR count). The van der Waals surface area contributed by atoms with Gasteiger partial charge in [0.15, 0.2) is 0 Å². The average molecular weight is 236 g/mol. The molecule has 1 aliphatic heterocycles. The van der Waals surface area contributed by atoms with Crippen molar-refractivity contribution in [3.8, 4) is 0 Å². The number of nitrogens with zero attached hydrogens (tertiary/aromatic N) is 3. The number of hydrogen-bond acceptors (Lipinski definition) is 5. The molecule has 0 amide bonds. The lowest BCUT2D eigenvalue weighted by Crippen LogP contribution is -2.42. The van der Waals surface area contributed by atoms with Gasteiger partial charge in [-0.2, -0.15) is 0 Å². The maximum atomic E-state index is 5.33. The van der Waals surface area contributed by atoms with Crippen LogP contribution in [-0.4, -0.2) is 53.8 Å². The summed E-state index contributed by atoms with van der Waals surface area (Å²) in [5, 5.41) is 3.40. The van der Waals surface area contributed by atoms with Crippen molar-refractivity contribution in [2.24, 2.45) is 0 Å². The zero-order valence-corrected chi connectivity index (χ0v) is 10.5. The van der Waals surface area contributed by atoms with Crippen LogP contribution in [-0.2, 0) is 4.74 Å². The highest BCUT2D eigenvalue weighted by Gasteiger charge is 2.14. The molecule has 1 fully saturated rings.